The molecule has 0 radical (unpaired) electrons. The Bertz CT molecular complexity index is 291. The van der Waals surface area contributed by atoms with Crippen LogP contribution in [0.3, 0.4) is 0 Å². The van der Waals surface area contributed by atoms with Gasteiger partial charge in [0.05, 0.1) is 0 Å². The van der Waals surface area contributed by atoms with Crippen LogP contribution in [0.5, 0.6) is 0 Å². The first-order valence-corrected chi connectivity index (χ1v) is 6.82. The summed E-state index contributed by atoms with van der Waals surface area (Å²) in [5.74, 6) is -0.0689. The van der Waals surface area contributed by atoms with E-state index in [1.807, 2.05) is 0 Å². The molecule has 0 aromatic heterocycles. The van der Waals surface area contributed by atoms with Crippen molar-refractivity contribution in [1.29, 1.82) is 0 Å². The molecule has 0 aromatic rings. The summed E-state index contributed by atoms with van der Waals surface area (Å²) >= 11 is 0. The molecular formula is C13H22O4. The summed E-state index contributed by atoms with van der Waals surface area (Å²) in [4.78, 5) is 11.5. The van der Waals surface area contributed by atoms with Crippen LogP contribution in [0.1, 0.15) is 51.9 Å². The Morgan fingerprint density at radius 3 is 2.82 bits per heavy atom. The number of fused-ring (bicyclic) bond motifs is 3. The van der Waals surface area contributed by atoms with E-state index in [9.17, 15) is 0 Å². The van der Waals surface area contributed by atoms with Gasteiger partial charge in [0.15, 0.2) is 11.9 Å². The Balaban J connectivity index is 1.94. The normalized spacial score (nSPS) is 49.8. The Hall–Kier alpha value is -0.160. The molecular weight excluding hydrogens is 220 g/mol. The number of ether oxygens (including phenoxy) is 2. The average molecular weight is 242 g/mol. The van der Waals surface area contributed by atoms with Crippen LogP contribution >= 0.6 is 0 Å². The highest BCUT2D eigenvalue weighted by molar-refractivity contribution is 4.99. The van der Waals surface area contributed by atoms with Gasteiger partial charge in [-0.05, 0) is 25.2 Å². The molecule has 3 heterocycles. The van der Waals surface area contributed by atoms with Crippen molar-refractivity contribution < 1.29 is 19.2 Å². The minimum Gasteiger partial charge on any atom is -0.353 e. The second kappa shape index (κ2) is 4.19. The van der Waals surface area contributed by atoms with E-state index in [0.717, 1.165) is 25.7 Å². The van der Waals surface area contributed by atoms with Crippen molar-refractivity contribution in [2.75, 3.05) is 7.11 Å². The Kier molecular flexibility index (Phi) is 2.94. The van der Waals surface area contributed by atoms with Gasteiger partial charge < -0.3 is 9.47 Å². The predicted octanol–water partition coefficient (Wildman–Crippen LogP) is 2.77. The summed E-state index contributed by atoms with van der Waals surface area (Å²) < 4.78 is 11.7. The maximum atomic E-state index is 6.09. The molecule has 1 saturated carbocycles. The van der Waals surface area contributed by atoms with Gasteiger partial charge in [-0.2, -0.15) is 0 Å². The first kappa shape index (κ1) is 11.9. The quantitative estimate of drug-likeness (QED) is 0.698. The average Bonchev–Trinajstić information content (AvgIpc) is 2.64. The van der Waals surface area contributed by atoms with Crippen LogP contribution in [-0.4, -0.2) is 24.8 Å². The van der Waals surface area contributed by atoms with E-state index in [1.165, 1.54) is 19.3 Å². The predicted molar refractivity (Wildman–Crippen MR) is 61.0 cm³/mol. The molecule has 4 atom stereocenters. The molecule has 0 N–H and O–H groups in total. The molecule has 3 aliphatic heterocycles. The van der Waals surface area contributed by atoms with Crippen LogP contribution in [0.4, 0.5) is 0 Å². The molecule has 98 valence electrons. The highest BCUT2D eigenvalue weighted by Crippen LogP contribution is 2.52. The second-order valence-corrected chi connectivity index (χ2v) is 5.55. The van der Waals surface area contributed by atoms with Crippen LogP contribution in [0.2, 0.25) is 0 Å². The monoisotopic (exact) mass is 242 g/mol. The third kappa shape index (κ3) is 1.65. The summed E-state index contributed by atoms with van der Waals surface area (Å²) in [6.45, 7) is 2.07. The van der Waals surface area contributed by atoms with E-state index < -0.39 is 5.79 Å². The van der Waals surface area contributed by atoms with Crippen molar-refractivity contribution in [2.24, 2.45) is 5.92 Å². The van der Waals surface area contributed by atoms with Crippen molar-refractivity contribution >= 4 is 0 Å². The lowest BCUT2D eigenvalue weighted by Crippen LogP contribution is -2.59. The Morgan fingerprint density at radius 2 is 2.06 bits per heavy atom. The molecule has 1 spiro atoms. The fraction of sp³-hybridized carbons (Fsp3) is 1.00. The number of methoxy groups -OCH3 is 1. The maximum absolute atomic E-state index is 6.09. The van der Waals surface area contributed by atoms with Gasteiger partial charge >= 0.3 is 0 Å². The van der Waals surface area contributed by atoms with Crippen molar-refractivity contribution in [3.63, 3.8) is 0 Å². The molecule has 4 heteroatoms. The SMILES string of the molecule is CC[C@]12CC[C@H]3CCCC[C@@]3(OO1)[C@@H](OC)O2. The number of hydrogen-bond acceptors (Lipinski definition) is 4. The summed E-state index contributed by atoms with van der Waals surface area (Å²) in [5, 5.41) is 0. The van der Waals surface area contributed by atoms with Gasteiger partial charge in [-0.25, -0.2) is 9.78 Å². The topological polar surface area (TPSA) is 36.9 Å². The molecule has 0 amide bonds. The number of rotatable bonds is 2. The highest BCUT2D eigenvalue weighted by atomic mass is 17.3. The van der Waals surface area contributed by atoms with Gasteiger partial charge in [0.2, 0.25) is 5.79 Å². The zero-order valence-corrected chi connectivity index (χ0v) is 10.7. The van der Waals surface area contributed by atoms with Crippen molar-refractivity contribution in [3.05, 3.63) is 0 Å². The van der Waals surface area contributed by atoms with Crippen molar-refractivity contribution in [3.8, 4) is 0 Å². The van der Waals surface area contributed by atoms with E-state index in [0.29, 0.717) is 5.92 Å². The summed E-state index contributed by atoms with van der Waals surface area (Å²) in [6, 6.07) is 0. The molecule has 2 bridgehead atoms. The molecule has 4 nitrogen and oxygen atoms in total. The molecule has 4 rings (SSSR count). The zero-order valence-electron chi connectivity index (χ0n) is 10.7. The first-order valence-electron chi connectivity index (χ1n) is 6.82. The van der Waals surface area contributed by atoms with Crippen molar-refractivity contribution in [2.45, 2.75) is 69.5 Å². The van der Waals surface area contributed by atoms with E-state index in [-0.39, 0.29) is 11.9 Å². The summed E-state index contributed by atoms with van der Waals surface area (Å²) in [6.07, 6.45) is 7.19. The van der Waals surface area contributed by atoms with E-state index in [1.54, 1.807) is 7.11 Å². The lowest BCUT2D eigenvalue weighted by molar-refractivity contribution is -0.552. The molecule has 17 heavy (non-hydrogen) atoms. The van der Waals surface area contributed by atoms with Crippen LogP contribution in [0.15, 0.2) is 0 Å². The number of hydrogen-bond donors (Lipinski definition) is 0. The molecule has 4 aliphatic rings. The van der Waals surface area contributed by atoms with E-state index >= 15 is 0 Å². The smallest absolute Gasteiger partial charge is 0.204 e. The summed E-state index contributed by atoms with van der Waals surface area (Å²) in [7, 11) is 1.71. The van der Waals surface area contributed by atoms with Crippen LogP contribution in [0, 0.1) is 5.92 Å². The van der Waals surface area contributed by atoms with Crippen LogP contribution in [0.25, 0.3) is 0 Å². The van der Waals surface area contributed by atoms with Gasteiger partial charge in [-0.3, -0.25) is 0 Å². The van der Waals surface area contributed by atoms with Crippen LogP contribution in [-0.2, 0) is 19.2 Å². The minimum atomic E-state index is -0.580. The minimum absolute atomic E-state index is 0.274. The lowest BCUT2D eigenvalue weighted by Gasteiger charge is -2.49. The van der Waals surface area contributed by atoms with Gasteiger partial charge in [0.1, 0.15) is 0 Å². The van der Waals surface area contributed by atoms with Crippen LogP contribution < -0.4 is 0 Å². The van der Waals surface area contributed by atoms with Gasteiger partial charge in [0, 0.05) is 20.0 Å². The van der Waals surface area contributed by atoms with E-state index in [2.05, 4.69) is 6.92 Å². The molecule has 4 fully saturated rings. The van der Waals surface area contributed by atoms with Gasteiger partial charge in [0.25, 0.3) is 0 Å². The highest BCUT2D eigenvalue weighted by Gasteiger charge is 2.60. The largest absolute Gasteiger partial charge is 0.353 e. The Labute approximate surface area is 102 Å². The lowest BCUT2D eigenvalue weighted by atomic mass is 9.73. The maximum Gasteiger partial charge on any atom is 0.204 e. The van der Waals surface area contributed by atoms with Gasteiger partial charge in [-0.1, -0.05) is 19.8 Å². The standard InChI is InChI=1S/C13H22O4/c1-3-12-9-7-10-6-4-5-8-13(10,17-16-12)11(14-2)15-12/h10-11H,3-9H2,1-2H3/t10-,11+,12-,13+/m1/s1. The first-order chi connectivity index (χ1) is 8.25. The van der Waals surface area contributed by atoms with Crippen molar-refractivity contribution in [1.82, 2.24) is 0 Å². The van der Waals surface area contributed by atoms with Gasteiger partial charge in [-0.15, -0.1) is 0 Å². The second-order valence-electron chi connectivity index (χ2n) is 5.55. The summed E-state index contributed by atoms with van der Waals surface area (Å²) in [5.41, 5.74) is -0.359. The fourth-order valence-electron chi connectivity index (χ4n) is 3.62. The van der Waals surface area contributed by atoms with E-state index in [4.69, 9.17) is 19.2 Å². The zero-order chi connectivity index (χ0) is 11.9. The third-order valence-electron chi connectivity index (χ3n) is 4.76. The molecule has 0 unspecified atom stereocenters. The molecule has 0 aromatic carbocycles. The molecule has 1 aliphatic carbocycles. The molecule has 3 saturated heterocycles. The Morgan fingerprint density at radius 1 is 1.18 bits per heavy atom. The third-order valence-corrected chi connectivity index (χ3v) is 4.76. The fourth-order valence-corrected chi connectivity index (χ4v) is 3.62.